The molecule has 0 heterocycles. The smallest absolute Gasteiger partial charge is 0.0614 e. The molecule has 72 valence electrons. The van der Waals surface area contributed by atoms with Crippen LogP contribution < -0.4 is 0 Å². The fraction of sp³-hybridized carbons (Fsp3) is 0.583. The minimum Gasteiger partial charge on any atom is -0.261 e. The Kier molecular flexibility index (Phi) is 3.94. The van der Waals surface area contributed by atoms with Gasteiger partial charge in [0.1, 0.15) is 0 Å². The Bertz CT molecular complexity index is 246. The van der Waals surface area contributed by atoms with Gasteiger partial charge in [-0.05, 0) is 37.7 Å². The number of aliphatic imine (C=N–C) groups is 1. The second-order valence-corrected chi connectivity index (χ2v) is 3.56. The Morgan fingerprint density at radius 2 is 2.31 bits per heavy atom. The van der Waals surface area contributed by atoms with Crippen molar-refractivity contribution in [3.05, 3.63) is 23.4 Å². The summed E-state index contributed by atoms with van der Waals surface area (Å²) < 4.78 is 0. The summed E-state index contributed by atoms with van der Waals surface area (Å²) in [7, 11) is 0. The van der Waals surface area contributed by atoms with Gasteiger partial charge in [0.25, 0.3) is 0 Å². The van der Waals surface area contributed by atoms with E-state index in [0.717, 1.165) is 6.42 Å². The molecular formula is C12H19N. The first-order valence-electron chi connectivity index (χ1n) is 5.19. The molecule has 0 N–H and O–H groups in total. The maximum absolute atomic E-state index is 4.45. The van der Waals surface area contributed by atoms with E-state index in [0.29, 0.717) is 5.92 Å². The Balaban J connectivity index is 2.72. The van der Waals surface area contributed by atoms with Crippen molar-refractivity contribution in [2.45, 2.75) is 40.0 Å². The maximum Gasteiger partial charge on any atom is 0.0614 e. The largest absolute Gasteiger partial charge is 0.261 e. The van der Waals surface area contributed by atoms with Gasteiger partial charge in [-0.2, -0.15) is 0 Å². The van der Waals surface area contributed by atoms with Crippen molar-refractivity contribution in [1.82, 2.24) is 0 Å². The zero-order chi connectivity index (χ0) is 9.68. The zero-order valence-electron chi connectivity index (χ0n) is 8.88. The number of hydrogen-bond donors (Lipinski definition) is 0. The van der Waals surface area contributed by atoms with Crippen LogP contribution in [0, 0.1) is 5.92 Å². The standard InChI is InChI=1S/C12H19N/c1-4-8-13-12-9-11(5-2)7-6-10(12)3/h6,8-9,11H,4-5,7H2,1-3H3. The van der Waals surface area contributed by atoms with Crippen LogP contribution in [0.15, 0.2) is 28.4 Å². The quantitative estimate of drug-likeness (QED) is 0.582. The second kappa shape index (κ2) is 5.00. The minimum atomic E-state index is 0.702. The van der Waals surface area contributed by atoms with Crippen LogP contribution in [0.1, 0.15) is 40.0 Å². The first kappa shape index (κ1) is 10.2. The molecular weight excluding hydrogens is 158 g/mol. The highest BCUT2D eigenvalue weighted by molar-refractivity contribution is 5.60. The Morgan fingerprint density at radius 3 is 2.92 bits per heavy atom. The lowest BCUT2D eigenvalue weighted by atomic mass is 9.93. The van der Waals surface area contributed by atoms with Crippen LogP contribution in [0.3, 0.4) is 0 Å². The lowest BCUT2D eigenvalue weighted by Gasteiger charge is -2.15. The molecule has 1 rings (SSSR count). The molecule has 0 fully saturated rings. The highest BCUT2D eigenvalue weighted by atomic mass is 14.7. The Labute approximate surface area is 81.3 Å². The van der Waals surface area contributed by atoms with E-state index in [-0.39, 0.29) is 0 Å². The highest BCUT2D eigenvalue weighted by Crippen LogP contribution is 2.25. The average molecular weight is 177 g/mol. The number of nitrogens with zero attached hydrogens (tertiary/aromatic N) is 1. The number of allylic oxidation sites excluding steroid dienone is 3. The molecule has 0 aliphatic heterocycles. The summed E-state index contributed by atoms with van der Waals surface area (Å²) in [6.07, 6.45) is 10.0. The molecule has 1 unspecified atom stereocenters. The van der Waals surface area contributed by atoms with E-state index >= 15 is 0 Å². The van der Waals surface area contributed by atoms with Gasteiger partial charge >= 0.3 is 0 Å². The predicted molar refractivity (Wildman–Crippen MR) is 59.0 cm³/mol. The van der Waals surface area contributed by atoms with Crippen molar-refractivity contribution < 1.29 is 0 Å². The molecule has 1 nitrogen and oxygen atoms in total. The summed E-state index contributed by atoms with van der Waals surface area (Å²) >= 11 is 0. The van der Waals surface area contributed by atoms with Gasteiger partial charge in [0.2, 0.25) is 0 Å². The molecule has 0 saturated carbocycles. The molecule has 1 atom stereocenters. The third-order valence-corrected chi connectivity index (χ3v) is 2.46. The van der Waals surface area contributed by atoms with Crippen molar-refractivity contribution in [1.29, 1.82) is 0 Å². The van der Waals surface area contributed by atoms with E-state index in [9.17, 15) is 0 Å². The molecule has 1 aliphatic carbocycles. The molecule has 0 aromatic carbocycles. The average Bonchev–Trinajstić information content (AvgIpc) is 2.17. The van der Waals surface area contributed by atoms with Crippen LogP contribution in [-0.2, 0) is 0 Å². The van der Waals surface area contributed by atoms with Crippen molar-refractivity contribution in [3.8, 4) is 0 Å². The summed E-state index contributed by atoms with van der Waals surface area (Å²) in [5.74, 6) is 0.702. The Hall–Kier alpha value is -0.850. The molecule has 13 heavy (non-hydrogen) atoms. The van der Waals surface area contributed by atoms with Crippen LogP contribution in [0.5, 0.6) is 0 Å². The van der Waals surface area contributed by atoms with Crippen LogP contribution in [0.2, 0.25) is 0 Å². The van der Waals surface area contributed by atoms with E-state index in [1.165, 1.54) is 24.1 Å². The Morgan fingerprint density at radius 1 is 1.54 bits per heavy atom. The summed E-state index contributed by atoms with van der Waals surface area (Å²) in [6, 6.07) is 0. The predicted octanol–water partition coefficient (Wildman–Crippen LogP) is 3.73. The van der Waals surface area contributed by atoms with Crippen molar-refractivity contribution >= 4 is 6.21 Å². The molecule has 0 aromatic rings. The normalized spacial score (nSPS) is 23.2. The molecule has 0 saturated heterocycles. The van der Waals surface area contributed by atoms with Gasteiger partial charge < -0.3 is 0 Å². The second-order valence-electron chi connectivity index (χ2n) is 3.56. The first-order valence-corrected chi connectivity index (χ1v) is 5.19. The van der Waals surface area contributed by atoms with Crippen LogP contribution in [-0.4, -0.2) is 6.21 Å². The lowest BCUT2D eigenvalue weighted by Crippen LogP contribution is -2.01. The SMILES string of the molecule is CCC=NC1=CC(CC)CC=C1C. The van der Waals surface area contributed by atoms with Gasteiger partial charge in [-0.25, -0.2) is 0 Å². The zero-order valence-corrected chi connectivity index (χ0v) is 8.88. The van der Waals surface area contributed by atoms with Gasteiger partial charge in [-0.3, -0.25) is 4.99 Å². The van der Waals surface area contributed by atoms with E-state index in [1.807, 2.05) is 6.21 Å². The van der Waals surface area contributed by atoms with Gasteiger partial charge in [0.05, 0.1) is 5.70 Å². The summed E-state index contributed by atoms with van der Waals surface area (Å²) in [6.45, 7) is 6.49. The molecule has 1 aliphatic rings. The van der Waals surface area contributed by atoms with Crippen molar-refractivity contribution in [2.24, 2.45) is 10.9 Å². The van der Waals surface area contributed by atoms with Gasteiger partial charge in [-0.15, -0.1) is 0 Å². The topological polar surface area (TPSA) is 12.4 Å². The van der Waals surface area contributed by atoms with Crippen molar-refractivity contribution in [2.75, 3.05) is 0 Å². The number of hydrogen-bond acceptors (Lipinski definition) is 1. The third-order valence-electron chi connectivity index (χ3n) is 2.46. The maximum atomic E-state index is 4.45. The van der Waals surface area contributed by atoms with Gasteiger partial charge in [-0.1, -0.05) is 26.0 Å². The molecule has 0 amide bonds. The first-order chi connectivity index (χ1) is 6.27. The van der Waals surface area contributed by atoms with E-state index in [2.05, 4.69) is 37.9 Å². The van der Waals surface area contributed by atoms with Crippen LogP contribution in [0.4, 0.5) is 0 Å². The fourth-order valence-electron chi connectivity index (χ4n) is 1.47. The molecule has 1 heteroatoms. The van der Waals surface area contributed by atoms with E-state index in [4.69, 9.17) is 0 Å². The van der Waals surface area contributed by atoms with Gasteiger partial charge in [0, 0.05) is 6.21 Å². The van der Waals surface area contributed by atoms with Crippen molar-refractivity contribution in [3.63, 3.8) is 0 Å². The summed E-state index contributed by atoms with van der Waals surface area (Å²) in [5.41, 5.74) is 2.51. The van der Waals surface area contributed by atoms with Crippen LogP contribution >= 0.6 is 0 Å². The van der Waals surface area contributed by atoms with Crippen LogP contribution in [0.25, 0.3) is 0 Å². The van der Waals surface area contributed by atoms with E-state index in [1.54, 1.807) is 0 Å². The third kappa shape index (κ3) is 2.83. The fourth-order valence-corrected chi connectivity index (χ4v) is 1.47. The summed E-state index contributed by atoms with van der Waals surface area (Å²) in [5, 5.41) is 0. The molecule has 0 spiro atoms. The van der Waals surface area contributed by atoms with Gasteiger partial charge in [0.15, 0.2) is 0 Å². The monoisotopic (exact) mass is 177 g/mol. The summed E-state index contributed by atoms with van der Waals surface area (Å²) in [4.78, 5) is 4.45. The van der Waals surface area contributed by atoms with E-state index < -0.39 is 0 Å². The molecule has 0 radical (unpaired) electrons. The minimum absolute atomic E-state index is 0.702. The molecule has 0 aromatic heterocycles. The number of rotatable bonds is 3. The lowest BCUT2D eigenvalue weighted by molar-refractivity contribution is 0.623. The molecule has 0 bridgehead atoms. The highest BCUT2D eigenvalue weighted by Gasteiger charge is 2.09.